The molecule has 120 valence electrons. The summed E-state index contributed by atoms with van der Waals surface area (Å²) in [6.07, 6.45) is 7.10. The predicted molar refractivity (Wildman–Crippen MR) is 84.7 cm³/mol. The number of amides is 1. The first-order valence-electron chi connectivity index (χ1n) is 8.02. The molecule has 2 aromatic rings. The number of carbonyl (C=O) groups is 1. The second kappa shape index (κ2) is 5.64. The molecule has 0 N–H and O–H groups in total. The average molecular weight is 312 g/mol. The van der Waals surface area contributed by atoms with E-state index in [4.69, 9.17) is 0 Å². The molecular formula is C16H20N6O. The molecule has 3 atom stereocenters. The fraction of sp³-hybridized carbons (Fsp3) is 0.500. The minimum absolute atomic E-state index is 0.158. The van der Waals surface area contributed by atoms with Gasteiger partial charge in [0.25, 0.3) is 0 Å². The Labute approximate surface area is 134 Å². The summed E-state index contributed by atoms with van der Waals surface area (Å²) in [5.74, 6) is 1.97. The molecule has 4 heterocycles. The number of likely N-dealkylation sites (tertiary alicyclic amines) is 1. The van der Waals surface area contributed by atoms with Gasteiger partial charge in [0.05, 0.1) is 0 Å². The molecule has 0 saturated carbocycles. The van der Waals surface area contributed by atoms with Crippen LogP contribution in [0.25, 0.3) is 0 Å². The number of aromatic nitrogens is 4. The van der Waals surface area contributed by atoms with Gasteiger partial charge in [-0.2, -0.15) is 5.10 Å². The van der Waals surface area contributed by atoms with E-state index in [9.17, 15) is 4.79 Å². The van der Waals surface area contributed by atoms with Crippen LogP contribution in [0.5, 0.6) is 0 Å². The molecule has 2 aliphatic heterocycles. The highest BCUT2D eigenvalue weighted by Crippen LogP contribution is 2.33. The molecule has 7 heteroatoms. The summed E-state index contributed by atoms with van der Waals surface area (Å²) >= 11 is 0. The molecule has 23 heavy (non-hydrogen) atoms. The van der Waals surface area contributed by atoms with Gasteiger partial charge < -0.3 is 9.80 Å². The molecule has 7 nitrogen and oxygen atoms in total. The average Bonchev–Trinajstić information content (AvgIpc) is 3.29. The number of anilines is 1. The van der Waals surface area contributed by atoms with E-state index < -0.39 is 0 Å². The van der Waals surface area contributed by atoms with Crippen molar-refractivity contribution in [2.24, 2.45) is 11.8 Å². The first-order chi connectivity index (χ1) is 11.2. The van der Waals surface area contributed by atoms with Gasteiger partial charge >= 0.3 is 0 Å². The van der Waals surface area contributed by atoms with Crippen molar-refractivity contribution in [1.29, 1.82) is 0 Å². The highest BCUT2D eigenvalue weighted by atomic mass is 16.2. The van der Waals surface area contributed by atoms with Crippen LogP contribution in [-0.2, 0) is 4.79 Å². The van der Waals surface area contributed by atoms with Crippen LogP contribution in [0, 0.1) is 11.8 Å². The number of hydrogen-bond acceptors (Lipinski definition) is 5. The number of carbonyl (C=O) groups excluding carboxylic acids is 1. The maximum atomic E-state index is 12.7. The fourth-order valence-corrected chi connectivity index (χ4v) is 3.68. The summed E-state index contributed by atoms with van der Waals surface area (Å²) in [5.41, 5.74) is 0. The van der Waals surface area contributed by atoms with Crippen molar-refractivity contribution in [3.63, 3.8) is 0 Å². The standard InChI is InChI=1S/C16H20N6O/c1-12(22-7-3-6-19-22)15(23)20-8-13-10-21(11-14(13)9-20)16-17-4-2-5-18-16/h2-7,12-14H,8-11H2,1H3. The van der Waals surface area contributed by atoms with Crippen LogP contribution >= 0.6 is 0 Å². The van der Waals surface area contributed by atoms with Gasteiger partial charge in [-0.3, -0.25) is 9.48 Å². The fourth-order valence-electron chi connectivity index (χ4n) is 3.68. The molecule has 1 amide bonds. The Morgan fingerprint density at radius 3 is 2.39 bits per heavy atom. The summed E-state index contributed by atoms with van der Waals surface area (Å²) in [6.45, 7) is 5.40. The topological polar surface area (TPSA) is 67.2 Å². The van der Waals surface area contributed by atoms with E-state index >= 15 is 0 Å². The van der Waals surface area contributed by atoms with Gasteiger partial charge in [-0.25, -0.2) is 9.97 Å². The second-order valence-corrected chi connectivity index (χ2v) is 6.38. The third kappa shape index (κ3) is 2.56. The highest BCUT2D eigenvalue weighted by molar-refractivity contribution is 5.80. The highest BCUT2D eigenvalue weighted by Gasteiger charge is 2.43. The van der Waals surface area contributed by atoms with E-state index in [1.807, 2.05) is 30.2 Å². The Bertz CT molecular complexity index is 659. The van der Waals surface area contributed by atoms with Crippen molar-refractivity contribution in [2.75, 3.05) is 31.1 Å². The lowest BCUT2D eigenvalue weighted by atomic mass is 10.0. The molecule has 2 aliphatic rings. The first-order valence-corrected chi connectivity index (χ1v) is 8.02. The van der Waals surface area contributed by atoms with Crippen molar-refractivity contribution < 1.29 is 4.79 Å². The van der Waals surface area contributed by atoms with Crippen molar-refractivity contribution in [2.45, 2.75) is 13.0 Å². The molecule has 0 aromatic carbocycles. The summed E-state index contributed by atoms with van der Waals surface area (Å²) in [7, 11) is 0. The van der Waals surface area contributed by atoms with E-state index in [0.29, 0.717) is 11.8 Å². The molecule has 2 aromatic heterocycles. The van der Waals surface area contributed by atoms with Gasteiger partial charge in [0, 0.05) is 62.8 Å². The summed E-state index contributed by atoms with van der Waals surface area (Å²) in [6, 6.07) is 3.44. The van der Waals surface area contributed by atoms with Crippen molar-refractivity contribution in [3.8, 4) is 0 Å². The minimum Gasteiger partial charge on any atom is -0.340 e. The lowest BCUT2D eigenvalue weighted by molar-refractivity contribution is -0.133. The van der Waals surface area contributed by atoms with Crippen LogP contribution < -0.4 is 4.90 Å². The monoisotopic (exact) mass is 312 g/mol. The van der Waals surface area contributed by atoms with Crippen LogP contribution in [0.15, 0.2) is 36.9 Å². The van der Waals surface area contributed by atoms with Crippen LogP contribution in [0.4, 0.5) is 5.95 Å². The number of fused-ring (bicyclic) bond motifs is 1. The third-order valence-electron chi connectivity index (χ3n) is 4.91. The normalized spacial score (nSPS) is 24.7. The largest absolute Gasteiger partial charge is 0.340 e. The lowest BCUT2D eigenvalue weighted by Crippen LogP contribution is -2.37. The van der Waals surface area contributed by atoms with E-state index in [1.54, 1.807) is 23.3 Å². The van der Waals surface area contributed by atoms with Gasteiger partial charge in [0.2, 0.25) is 11.9 Å². The van der Waals surface area contributed by atoms with E-state index in [0.717, 1.165) is 32.1 Å². The molecule has 3 unspecified atom stereocenters. The molecule has 0 spiro atoms. The third-order valence-corrected chi connectivity index (χ3v) is 4.91. The Morgan fingerprint density at radius 2 is 1.78 bits per heavy atom. The van der Waals surface area contributed by atoms with E-state index in [1.165, 1.54) is 0 Å². The first kappa shape index (κ1) is 14.2. The SMILES string of the molecule is CC(C(=O)N1CC2CN(c3ncccn3)CC2C1)n1cccn1. The summed E-state index contributed by atoms with van der Waals surface area (Å²) < 4.78 is 1.72. The Balaban J connectivity index is 1.40. The molecule has 4 rings (SSSR count). The zero-order chi connectivity index (χ0) is 15.8. The Hall–Kier alpha value is -2.44. The molecule has 0 radical (unpaired) electrons. The zero-order valence-electron chi connectivity index (χ0n) is 13.1. The van der Waals surface area contributed by atoms with Crippen LogP contribution in [-0.4, -0.2) is 56.7 Å². The van der Waals surface area contributed by atoms with Crippen LogP contribution in [0.1, 0.15) is 13.0 Å². The van der Waals surface area contributed by atoms with Crippen molar-refractivity contribution in [3.05, 3.63) is 36.9 Å². The quantitative estimate of drug-likeness (QED) is 0.840. The zero-order valence-corrected chi connectivity index (χ0v) is 13.1. The molecule has 2 fully saturated rings. The number of nitrogens with zero attached hydrogens (tertiary/aromatic N) is 6. The maximum Gasteiger partial charge on any atom is 0.247 e. The van der Waals surface area contributed by atoms with E-state index in [-0.39, 0.29) is 11.9 Å². The molecule has 0 aliphatic carbocycles. The van der Waals surface area contributed by atoms with Crippen LogP contribution in [0.3, 0.4) is 0 Å². The Morgan fingerprint density at radius 1 is 1.09 bits per heavy atom. The molecular weight excluding hydrogens is 292 g/mol. The van der Waals surface area contributed by atoms with E-state index in [2.05, 4.69) is 20.0 Å². The van der Waals surface area contributed by atoms with Gasteiger partial charge in [0.1, 0.15) is 6.04 Å². The van der Waals surface area contributed by atoms with Crippen LogP contribution in [0.2, 0.25) is 0 Å². The summed E-state index contributed by atoms with van der Waals surface area (Å²) in [5, 5.41) is 4.18. The van der Waals surface area contributed by atoms with Gasteiger partial charge in [-0.05, 0) is 19.1 Å². The van der Waals surface area contributed by atoms with Crippen molar-refractivity contribution >= 4 is 11.9 Å². The van der Waals surface area contributed by atoms with Gasteiger partial charge in [0.15, 0.2) is 0 Å². The molecule has 2 saturated heterocycles. The minimum atomic E-state index is -0.239. The summed E-state index contributed by atoms with van der Waals surface area (Å²) in [4.78, 5) is 25.5. The Kier molecular flexibility index (Phi) is 3.48. The second-order valence-electron chi connectivity index (χ2n) is 6.38. The smallest absolute Gasteiger partial charge is 0.247 e. The number of rotatable bonds is 3. The van der Waals surface area contributed by atoms with Gasteiger partial charge in [-0.1, -0.05) is 0 Å². The lowest BCUT2D eigenvalue weighted by Gasteiger charge is -2.24. The molecule has 0 bridgehead atoms. The predicted octanol–water partition coefficient (Wildman–Crippen LogP) is 0.829. The van der Waals surface area contributed by atoms with Gasteiger partial charge in [-0.15, -0.1) is 0 Å². The number of hydrogen-bond donors (Lipinski definition) is 0. The van der Waals surface area contributed by atoms with Crippen molar-refractivity contribution in [1.82, 2.24) is 24.6 Å². The maximum absolute atomic E-state index is 12.7.